The second-order valence-electron chi connectivity index (χ2n) is 6.57. The molecule has 0 saturated carbocycles. The zero-order valence-corrected chi connectivity index (χ0v) is 15.1. The van der Waals surface area contributed by atoms with Crippen molar-refractivity contribution < 1.29 is 4.79 Å². The van der Waals surface area contributed by atoms with Crippen LogP contribution >= 0.6 is 11.3 Å². The van der Waals surface area contributed by atoms with E-state index in [4.69, 9.17) is 0 Å². The third-order valence-corrected chi connectivity index (χ3v) is 5.67. The number of aryl methyl sites for hydroxylation is 3. The first-order valence-corrected chi connectivity index (χ1v) is 9.48. The maximum Gasteiger partial charge on any atom is 0.307 e. The number of carbonyl (C=O) groups is 1. The van der Waals surface area contributed by atoms with Crippen molar-refractivity contribution in [3.63, 3.8) is 0 Å². The lowest BCUT2D eigenvalue weighted by Gasteiger charge is -2.20. The van der Waals surface area contributed by atoms with E-state index < -0.39 is 0 Å². The van der Waals surface area contributed by atoms with Gasteiger partial charge in [0.05, 0.1) is 6.04 Å². The molecular weight excluding hydrogens is 320 g/mol. The van der Waals surface area contributed by atoms with Gasteiger partial charge in [-0.2, -0.15) is 0 Å². The molecule has 1 aliphatic carbocycles. The highest BCUT2D eigenvalue weighted by atomic mass is 32.1. The second-order valence-corrected chi connectivity index (χ2v) is 7.39. The van der Waals surface area contributed by atoms with E-state index in [2.05, 4.69) is 23.5 Å². The number of rotatable bonds is 5. The Bertz CT molecular complexity index is 791. The average Bonchev–Trinajstić information content (AvgIpc) is 2.90. The van der Waals surface area contributed by atoms with Gasteiger partial charge in [-0.3, -0.25) is 9.59 Å². The Morgan fingerprint density at radius 2 is 2.04 bits per heavy atom. The van der Waals surface area contributed by atoms with E-state index in [-0.39, 0.29) is 16.8 Å². The normalized spacial score (nSPS) is 14.9. The Balaban J connectivity index is 1.59. The number of fused-ring (bicyclic) bond motifs is 1. The summed E-state index contributed by atoms with van der Waals surface area (Å²) < 4.78 is 1.66. The summed E-state index contributed by atoms with van der Waals surface area (Å²) in [6.45, 7) is 4.35. The fourth-order valence-electron chi connectivity index (χ4n) is 3.31. The molecule has 1 atom stereocenters. The summed E-state index contributed by atoms with van der Waals surface area (Å²) in [5, 5.41) is 4.88. The lowest BCUT2D eigenvalue weighted by molar-refractivity contribution is -0.121. The summed E-state index contributed by atoms with van der Waals surface area (Å²) in [7, 11) is 0. The van der Waals surface area contributed by atoms with Gasteiger partial charge in [0, 0.05) is 24.0 Å². The smallest absolute Gasteiger partial charge is 0.307 e. The number of amides is 1. The molecule has 1 aromatic carbocycles. The molecular formula is C19H24N2O2S. The van der Waals surface area contributed by atoms with E-state index >= 15 is 0 Å². The van der Waals surface area contributed by atoms with Crippen LogP contribution in [0.3, 0.4) is 0 Å². The molecule has 3 rings (SSSR count). The Hall–Kier alpha value is -1.88. The Labute approximate surface area is 146 Å². The van der Waals surface area contributed by atoms with Crippen LogP contribution in [0.15, 0.2) is 28.4 Å². The topological polar surface area (TPSA) is 51.1 Å². The average molecular weight is 344 g/mol. The molecule has 0 saturated heterocycles. The second kappa shape index (κ2) is 7.34. The lowest BCUT2D eigenvalue weighted by atomic mass is 9.89. The minimum Gasteiger partial charge on any atom is -0.350 e. The highest BCUT2D eigenvalue weighted by molar-refractivity contribution is 7.07. The molecule has 1 heterocycles. The highest BCUT2D eigenvalue weighted by Gasteiger charge is 2.14. The van der Waals surface area contributed by atoms with Gasteiger partial charge in [0.25, 0.3) is 0 Å². The number of hydrogen-bond acceptors (Lipinski definition) is 3. The molecule has 0 radical (unpaired) electrons. The van der Waals surface area contributed by atoms with E-state index in [0.29, 0.717) is 13.0 Å². The predicted molar refractivity (Wildman–Crippen MR) is 97.6 cm³/mol. The molecule has 1 N–H and O–H groups in total. The summed E-state index contributed by atoms with van der Waals surface area (Å²) >= 11 is 1.18. The van der Waals surface area contributed by atoms with E-state index in [9.17, 15) is 9.59 Å². The van der Waals surface area contributed by atoms with Crippen molar-refractivity contribution in [1.29, 1.82) is 0 Å². The quantitative estimate of drug-likeness (QED) is 0.904. The first-order valence-electron chi connectivity index (χ1n) is 8.60. The summed E-state index contributed by atoms with van der Waals surface area (Å²) in [5.74, 6) is -0.0160. The van der Waals surface area contributed by atoms with E-state index in [1.54, 1.807) is 4.57 Å². The van der Waals surface area contributed by atoms with Crippen molar-refractivity contribution in [2.75, 3.05) is 0 Å². The zero-order valence-electron chi connectivity index (χ0n) is 14.3. The first kappa shape index (κ1) is 17.0. The number of carbonyl (C=O) groups excluding carboxylic acids is 1. The van der Waals surface area contributed by atoms with E-state index in [1.807, 2.05) is 19.2 Å². The molecule has 1 unspecified atom stereocenters. The van der Waals surface area contributed by atoms with E-state index in [1.165, 1.54) is 41.7 Å². The Morgan fingerprint density at radius 1 is 1.29 bits per heavy atom. The van der Waals surface area contributed by atoms with Gasteiger partial charge in [-0.1, -0.05) is 29.5 Å². The third-order valence-electron chi connectivity index (χ3n) is 4.79. The molecule has 4 nitrogen and oxygen atoms in total. The number of benzene rings is 1. The first-order chi connectivity index (χ1) is 11.5. The number of thiazole rings is 1. The van der Waals surface area contributed by atoms with Gasteiger partial charge >= 0.3 is 4.87 Å². The molecule has 5 heteroatoms. The van der Waals surface area contributed by atoms with Crippen LogP contribution in [0.1, 0.15) is 54.6 Å². The molecule has 1 aliphatic rings. The van der Waals surface area contributed by atoms with Crippen LogP contribution in [0.4, 0.5) is 0 Å². The molecule has 128 valence electrons. The van der Waals surface area contributed by atoms with Gasteiger partial charge in [-0.25, -0.2) is 0 Å². The van der Waals surface area contributed by atoms with Gasteiger partial charge in [-0.15, -0.1) is 0 Å². The number of nitrogens with zero attached hydrogens (tertiary/aromatic N) is 1. The standard InChI is InChI=1S/C19H24N2O2S/c1-13-12-24-19(23)21(13)10-9-18(22)20-14(2)16-8-7-15-5-3-4-6-17(15)11-16/h7-8,11-12,14H,3-6,9-10H2,1-2H3,(H,20,22). The predicted octanol–water partition coefficient (Wildman–Crippen LogP) is 3.36. The molecule has 24 heavy (non-hydrogen) atoms. The molecule has 0 fully saturated rings. The third kappa shape index (κ3) is 3.78. The van der Waals surface area contributed by atoms with Crippen molar-refractivity contribution in [2.24, 2.45) is 0 Å². The molecule has 0 aliphatic heterocycles. The van der Waals surface area contributed by atoms with Gasteiger partial charge in [0.15, 0.2) is 0 Å². The molecule has 2 aromatic rings. The largest absolute Gasteiger partial charge is 0.350 e. The van der Waals surface area contributed by atoms with Crippen LogP contribution in [0.25, 0.3) is 0 Å². The van der Waals surface area contributed by atoms with Crippen LogP contribution in [0, 0.1) is 6.92 Å². The monoisotopic (exact) mass is 344 g/mol. The SMILES string of the molecule is Cc1csc(=O)n1CCC(=O)NC(C)c1ccc2c(c1)CCCC2. The Morgan fingerprint density at radius 3 is 2.75 bits per heavy atom. The minimum atomic E-state index is -0.0160. The van der Waals surface area contributed by atoms with Gasteiger partial charge in [0.1, 0.15) is 0 Å². The van der Waals surface area contributed by atoms with Crippen molar-refractivity contribution in [3.05, 3.63) is 55.6 Å². The van der Waals surface area contributed by atoms with Crippen LogP contribution in [-0.2, 0) is 24.2 Å². The fourth-order valence-corrected chi connectivity index (χ4v) is 4.07. The number of aromatic nitrogens is 1. The fraction of sp³-hybridized carbons (Fsp3) is 0.474. The Kier molecular flexibility index (Phi) is 5.19. The molecule has 1 aromatic heterocycles. The summed E-state index contributed by atoms with van der Waals surface area (Å²) in [6, 6.07) is 6.57. The van der Waals surface area contributed by atoms with Crippen LogP contribution < -0.4 is 10.2 Å². The molecule has 0 bridgehead atoms. The van der Waals surface area contributed by atoms with Gasteiger partial charge in [0.2, 0.25) is 5.91 Å². The summed E-state index contributed by atoms with van der Waals surface area (Å²) in [6.07, 6.45) is 5.17. The highest BCUT2D eigenvalue weighted by Crippen LogP contribution is 2.24. The maximum absolute atomic E-state index is 12.2. The van der Waals surface area contributed by atoms with E-state index in [0.717, 1.165) is 17.7 Å². The zero-order chi connectivity index (χ0) is 17.1. The summed E-state index contributed by atoms with van der Waals surface area (Å²) in [5.41, 5.74) is 4.96. The van der Waals surface area contributed by atoms with Crippen LogP contribution in [0.2, 0.25) is 0 Å². The minimum absolute atomic E-state index is 0.00281. The lowest BCUT2D eigenvalue weighted by Crippen LogP contribution is -2.28. The van der Waals surface area contributed by atoms with Crippen molar-refractivity contribution in [3.8, 4) is 0 Å². The number of nitrogens with one attached hydrogen (secondary N) is 1. The summed E-state index contributed by atoms with van der Waals surface area (Å²) in [4.78, 5) is 23.9. The van der Waals surface area contributed by atoms with Crippen molar-refractivity contribution in [1.82, 2.24) is 9.88 Å². The van der Waals surface area contributed by atoms with Crippen LogP contribution in [-0.4, -0.2) is 10.5 Å². The van der Waals surface area contributed by atoms with Crippen molar-refractivity contribution >= 4 is 17.2 Å². The molecule has 0 spiro atoms. The van der Waals surface area contributed by atoms with Crippen molar-refractivity contribution in [2.45, 2.75) is 58.5 Å². The van der Waals surface area contributed by atoms with Gasteiger partial charge in [-0.05, 0) is 56.2 Å². The van der Waals surface area contributed by atoms with Gasteiger partial charge < -0.3 is 9.88 Å². The number of hydrogen-bond donors (Lipinski definition) is 1. The van der Waals surface area contributed by atoms with Crippen LogP contribution in [0.5, 0.6) is 0 Å². The molecule has 1 amide bonds. The maximum atomic E-state index is 12.2.